The second-order valence-corrected chi connectivity index (χ2v) is 6.44. The topological polar surface area (TPSA) is 88.1 Å². The van der Waals surface area contributed by atoms with Crippen LogP contribution in [-0.4, -0.2) is 31.3 Å². The SMILES string of the molecule is Cn1c(=O)c2c(ncn2CCOC(=O)/C=C/c2cccc(C(F)(F)F)c2)n(C)c1=O. The van der Waals surface area contributed by atoms with Gasteiger partial charge in [-0.15, -0.1) is 0 Å². The summed E-state index contributed by atoms with van der Waals surface area (Å²) < 4.78 is 46.8. The summed E-state index contributed by atoms with van der Waals surface area (Å²) in [6, 6.07) is 4.52. The van der Waals surface area contributed by atoms with Crippen LogP contribution in [0.5, 0.6) is 0 Å². The van der Waals surface area contributed by atoms with Crippen molar-refractivity contribution in [2.24, 2.45) is 14.1 Å². The number of alkyl halides is 3. The fraction of sp³-hybridized carbons (Fsp3) is 0.263. The number of benzene rings is 1. The van der Waals surface area contributed by atoms with E-state index in [1.807, 2.05) is 0 Å². The van der Waals surface area contributed by atoms with Crippen LogP contribution in [-0.2, 0) is 36.3 Å². The van der Waals surface area contributed by atoms with Gasteiger partial charge >= 0.3 is 17.8 Å². The predicted octanol–water partition coefficient (Wildman–Crippen LogP) is 1.71. The van der Waals surface area contributed by atoms with Crippen LogP contribution in [0.25, 0.3) is 17.2 Å². The Morgan fingerprint density at radius 1 is 1.20 bits per heavy atom. The Morgan fingerprint density at radius 2 is 1.93 bits per heavy atom. The number of rotatable bonds is 5. The lowest BCUT2D eigenvalue weighted by Gasteiger charge is -2.07. The molecule has 0 radical (unpaired) electrons. The fourth-order valence-electron chi connectivity index (χ4n) is 2.84. The Kier molecular flexibility index (Phi) is 5.63. The highest BCUT2D eigenvalue weighted by atomic mass is 19.4. The molecule has 1 aromatic carbocycles. The molecular formula is C19H17F3N4O4. The van der Waals surface area contributed by atoms with Crippen LogP contribution in [0.3, 0.4) is 0 Å². The molecule has 0 fully saturated rings. The first-order valence-electron chi connectivity index (χ1n) is 8.72. The summed E-state index contributed by atoms with van der Waals surface area (Å²) in [4.78, 5) is 40.1. The first-order chi connectivity index (χ1) is 14.1. The molecule has 0 atom stereocenters. The minimum Gasteiger partial charge on any atom is -0.461 e. The Morgan fingerprint density at radius 3 is 2.63 bits per heavy atom. The minimum absolute atomic E-state index is 0.104. The summed E-state index contributed by atoms with van der Waals surface area (Å²) in [6.45, 7) is -0.00367. The van der Waals surface area contributed by atoms with E-state index in [1.165, 1.54) is 47.8 Å². The van der Waals surface area contributed by atoms with Crippen LogP contribution in [0.2, 0.25) is 0 Å². The molecule has 0 aliphatic carbocycles. The van der Waals surface area contributed by atoms with Gasteiger partial charge in [-0.05, 0) is 23.8 Å². The van der Waals surface area contributed by atoms with E-state index >= 15 is 0 Å². The van der Waals surface area contributed by atoms with Crippen LogP contribution < -0.4 is 11.2 Å². The number of imidazole rings is 1. The van der Waals surface area contributed by atoms with E-state index in [4.69, 9.17) is 4.74 Å². The van der Waals surface area contributed by atoms with Crippen molar-refractivity contribution >= 4 is 23.2 Å². The number of carbonyl (C=O) groups excluding carboxylic acids is 1. The number of nitrogens with zero attached hydrogens (tertiary/aromatic N) is 4. The molecule has 30 heavy (non-hydrogen) atoms. The standard InChI is InChI=1S/C19H17F3N4O4/c1-24-16-15(17(28)25(2)18(24)29)26(11-23-16)8-9-30-14(27)7-6-12-4-3-5-13(10-12)19(20,21)22/h3-7,10-11H,8-9H2,1-2H3/b7-6+. The van der Waals surface area contributed by atoms with Crippen molar-refractivity contribution < 1.29 is 22.7 Å². The largest absolute Gasteiger partial charge is 0.461 e. The van der Waals surface area contributed by atoms with Crippen LogP contribution in [0.4, 0.5) is 13.2 Å². The van der Waals surface area contributed by atoms with Gasteiger partial charge in [0.15, 0.2) is 11.2 Å². The molecular weight excluding hydrogens is 405 g/mol. The molecule has 0 unspecified atom stereocenters. The highest BCUT2D eigenvalue weighted by molar-refractivity contribution is 5.87. The highest BCUT2D eigenvalue weighted by Gasteiger charge is 2.30. The van der Waals surface area contributed by atoms with Crippen molar-refractivity contribution in [2.45, 2.75) is 12.7 Å². The van der Waals surface area contributed by atoms with Crippen molar-refractivity contribution in [3.63, 3.8) is 0 Å². The summed E-state index contributed by atoms with van der Waals surface area (Å²) in [5.74, 6) is -0.753. The molecule has 158 valence electrons. The molecule has 0 saturated heterocycles. The fourth-order valence-corrected chi connectivity index (χ4v) is 2.84. The molecule has 3 aromatic rings. The highest BCUT2D eigenvalue weighted by Crippen LogP contribution is 2.29. The van der Waals surface area contributed by atoms with Crippen molar-refractivity contribution in [1.82, 2.24) is 18.7 Å². The van der Waals surface area contributed by atoms with Crippen molar-refractivity contribution in [3.8, 4) is 0 Å². The zero-order valence-electron chi connectivity index (χ0n) is 16.0. The number of esters is 1. The Bertz CT molecular complexity index is 1250. The maximum absolute atomic E-state index is 12.7. The van der Waals surface area contributed by atoms with E-state index in [9.17, 15) is 27.6 Å². The Balaban J connectivity index is 1.66. The normalized spacial score (nSPS) is 12.0. The molecule has 11 heteroatoms. The van der Waals surface area contributed by atoms with Crippen LogP contribution >= 0.6 is 0 Å². The van der Waals surface area contributed by atoms with Crippen molar-refractivity contribution in [1.29, 1.82) is 0 Å². The van der Waals surface area contributed by atoms with E-state index in [2.05, 4.69) is 4.98 Å². The second kappa shape index (κ2) is 8.01. The molecule has 2 heterocycles. The maximum Gasteiger partial charge on any atom is 0.416 e. The predicted molar refractivity (Wildman–Crippen MR) is 102 cm³/mol. The van der Waals surface area contributed by atoms with Gasteiger partial charge in [-0.25, -0.2) is 14.6 Å². The molecule has 0 spiro atoms. The number of aromatic nitrogens is 4. The monoisotopic (exact) mass is 422 g/mol. The quantitative estimate of drug-likeness (QED) is 0.462. The smallest absolute Gasteiger partial charge is 0.416 e. The molecule has 0 bridgehead atoms. The Hall–Kier alpha value is -3.63. The second-order valence-electron chi connectivity index (χ2n) is 6.44. The maximum atomic E-state index is 12.7. The number of aryl methyl sites for hydroxylation is 1. The van der Waals surface area contributed by atoms with Gasteiger partial charge < -0.3 is 9.30 Å². The van der Waals surface area contributed by atoms with Gasteiger partial charge in [0.25, 0.3) is 5.56 Å². The number of hydrogen-bond donors (Lipinski definition) is 0. The van der Waals surface area contributed by atoms with Gasteiger partial charge in [-0.3, -0.25) is 13.9 Å². The van der Waals surface area contributed by atoms with Crippen LogP contribution in [0, 0.1) is 0 Å². The number of ether oxygens (including phenoxy) is 1. The minimum atomic E-state index is -4.47. The lowest BCUT2D eigenvalue weighted by molar-refractivity contribution is -0.138. The van der Waals surface area contributed by atoms with E-state index in [-0.39, 0.29) is 29.9 Å². The summed E-state index contributed by atoms with van der Waals surface area (Å²) in [7, 11) is 2.83. The summed E-state index contributed by atoms with van der Waals surface area (Å²) >= 11 is 0. The molecule has 3 rings (SSSR count). The van der Waals surface area contributed by atoms with Gasteiger partial charge in [0.1, 0.15) is 6.61 Å². The zero-order chi connectivity index (χ0) is 22.1. The average Bonchev–Trinajstić information content (AvgIpc) is 3.13. The van der Waals surface area contributed by atoms with Gasteiger partial charge in [0.05, 0.1) is 18.4 Å². The molecule has 0 aliphatic heterocycles. The number of halogens is 3. The van der Waals surface area contributed by atoms with Crippen molar-refractivity contribution in [2.75, 3.05) is 6.61 Å². The molecule has 2 aromatic heterocycles. The van der Waals surface area contributed by atoms with Gasteiger partial charge in [0, 0.05) is 20.2 Å². The van der Waals surface area contributed by atoms with E-state index in [1.54, 1.807) is 0 Å². The lowest BCUT2D eigenvalue weighted by Crippen LogP contribution is -2.37. The van der Waals surface area contributed by atoms with Crippen molar-refractivity contribution in [3.05, 3.63) is 68.6 Å². The summed E-state index contributed by atoms with van der Waals surface area (Å²) in [6.07, 6.45) is -0.879. The lowest BCUT2D eigenvalue weighted by atomic mass is 10.1. The number of hydrogen-bond acceptors (Lipinski definition) is 5. The van der Waals surface area contributed by atoms with Gasteiger partial charge in [-0.1, -0.05) is 12.1 Å². The molecule has 0 saturated carbocycles. The first-order valence-corrected chi connectivity index (χ1v) is 8.72. The van der Waals surface area contributed by atoms with Crippen LogP contribution in [0.15, 0.2) is 46.3 Å². The molecule has 8 nitrogen and oxygen atoms in total. The Labute approximate surface area is 167 Å². The first kappa shape index (κ1) is 21.1. The molecule has 0 N–H and O–H groups in total. The van der Waals surface area contributed by atoms with E-state index in [0.29, 0.717) is 0 Å². The van der Waals surface area contributed by atoms with Gasteiger partial charge in [0.2, 0.25) is 0 Å². The third-order valence-electron chi connectivity index (χ3n) is 4.42. The third kappa shape index (κ3) is 4.19. The van der Waals surface area contributed by atoms with E-state index in [0.717, 1.165) is 22.8 Å². The number of fused-ring (bicyclic) bond motifs is 1. The van der Waals surface area contributed by atoms with E-state index < -0.39 is 29.0 Å². The summed E-state index contributed by atoms with van der Waals surface area (Å²) in [5, 5.41) is 0. The average molecular weight is 422 g/mol. The molecule has 0 aliphatic rings. The van der Waals surface area contributed by atoms with Gasteiger partial charge in [-0.2, -0.15) is 13.2 Å². The zero-order valence-corrected chi connectivity index (χ0v) is 16.0. The van der Waals surface area contributed by atoms with Crippen LogP contribution in [0.1, 0.15) is 11.1 Å². The number of carbonyl (C=O) groups is 1. The summed E-state index contributed by atoms with van der Waals surface area (Å²) in [5.41, 5.74) is -1.26. The third-order valence-corrected chi connectivity index (χ3v) is 4.42. The molecule has 0 amide bonds.